The third-order valence-corrected chi connectivity index (χ3v) is 5.36. The molecule has 1 amide bonds. The van der Waals surface area contributed by atoms with E-state index < -0.39 is 10.0 Å². The molecular weight excluding hydrogens is 322 g/mol. The Labute approximate surface area is 131 Å². The number of aromatic nitrogens is 1. The third-order valence-electron chi connectivity index (χ3n) is 3.58. The van der Waals surface area contributed by atoms with Crippen LogP contribution in [0.4, 0.5) is 5.69 Å². The molecule has 0 saturated carbocycles. The van der Waals surface area contributed by atoms with Crippen LogP contribution < -0.4 is 10.0 Å². The normalized spacial score (nSPS) is 16.4. The van der Waals surface area contributed by atoms with Crippen LogP contribution >= 0.6 is 11.3 Å². The lowest BCUT2D eigenvalue weighted by Gasteiger charge is -2.11. The number of rotatable bonds is 2. The Balaban J connectivity index is 2.29. The van der Waals surface area contributed by atoms with Gasteiger partial charge in [-0.2, -0.15) is 0 Å². The standard InChI is InChI=1S/C14H13N3O3S2/c1-8-11(22(15,19)20)4-3-10-13(8)9(14(18)17(10)2)7-12-16-5-6-21-12/h3-7H,1-2H3,(H2,15,19,20). The Bertz CT molecular complexity index is 900. The summed E-state index contributed by atoms with van der Waals surface area (Å²) in [6.07, 6.45) is 3.32. The molecule has 0 aliphatic carbocycles. The maximum absolute atomic E-state index is 12.5. The number of hydrogen-bond acceptors (Lipinski definition) is 5. The molecule has 1 aromatic carbocycles. The first-order valence-corrected chi connectivity index (χ1v) is 8.79. The molecule has 114 valence electrons. The fraction of sp³-hybridized carbons (Fsp3) is 0.143. The lowest BCUT2D eigenvalue weighted by Crippen LogP contribution is -2.20. The van der Waals surface area contributed by atoms with Gasteiger partial charge in [0, 0.05) is 24.2 Å². The molecule has 1 aliphatic heterocycles. The SMILES string of the molecule is Cc1c(S(N)(=O)=O)ccc2c1C(=Cc1nccs1)C(=O)N2C. The van der Waals surface area contributed by atoms with E-state index in [1.54, 1.807) is 32.3 Å². The molecule has 1 aliphatic rings. The largest absolute Gasteiger partial charge is 0.311 e. The Morgan fingerprint density at radius 2 is 2.09 bits per heavy atom. The van der Waals surface area contributed by atoms with Crippen LogP contribution in [-0.4, -0.2) is 26.4 Å². The zero-order valence-electron chi connectivity index (χ0n) is 11.9. The van der Waals surface area contributed by atoms with Gasteiger partial charge in [-0.3, -0.25) is 4.79 Å². The van der Waals surface area contributed by atoms with Gasteiger partial charge in [-0.05, 0) is 30.7 Å². The van der Waals surface area contributed by atoms with Gasteiger partial charge in [0.2, 0.25) is 10.0 Å². The smallest absolute Gasteiger partial charge is 0.258 e. The van der Waals surface area contributed by atoms with Gasteiger partial charge in [0.05, 0.1) is 16.2 Å². The number of likely N-dealkylation sites (N-methyl/N-ethyl adjacent to an activating group) is 1. The van der Waals surface area contributed by atoms with Gasteiger partial charge in [0.1, 0.15) is 5.01 Å². The van der Waals surface area contributed by atoms with Crippen molar-refractivity contribution in [1.29, 1.82) is 0 Å². The number of fused-ring (bicyclic) bond motifs is 1. The second kappa shape index (κ2) is 5.01. The Hall–Kier alpha value is -2.03. The van der Waals surface area contributed by atoms with Crippen molar-refractivity contribution in [2.75, 3.05) is 11.9 Å². The number of carbonyl (C=O) groups excluding carboxylic acids is 1. The lowest BCUT2D eigenvalue weighted by molar-refractivity contribution is -0.112. The average Bonchev–Trinajstić information content (AvgIpc) is 3.02. The summed E-state index contributed by atoms with van der Waals surface area (Å²) in [6, 6.07) is 3.03. The minimum atomic E-state index is -3.85. The zero-order valence-corrected chi connectivity index (χ0v) is 13.5. The second-order valence-electron chi connectivity index (χ2n) is 4.92. The highest BCUT2D eigenvalue weighted by Gasteiger charge is 2.33. The van der Waals surface area contributed by atoms with Crippen molar-refractivity contribution in [1.82, 2.24) is 4.98 Å². The number of carbonyl (C=O) groups is 1. The number of benzene rings is 1. The molecular formula is C14H13N3O3S2. The summed E-state index contributed by atoms with van der Waals surface area (Å²) in [7, 11) is -2.19. The average molecular weight is 335 g/mol. The van der Waals surface area contributed by atoms with E-state index in [1.165, 1.54) is 22.3 Å². The van der Waals surface area contributed by atoms with Crippen molar-refractivity contribution >= 4 is 44.6 Å². The summed E-state index contributed by atoms with van der Waals surface area (Å²) in [6.45, 7) is 1.65. The second-order valence-corrected chi connectivity index (χ2v) is 7.38. The molecule has 2 aromatic rings. The van der Waals surface area contributed by atoms with Gasteiger partial charge < -0.3 is 4.90 Å². The van der Waals surface area contributed by atoms with Crippen LogP contribution in [0.2, 0.25) is 0 Å². The number of anilines is 1. The van der Waals surface area contributed by atoms with Crippen molar-refractivity contribution in [3.63, 3.8) is 0 Å². The van der Waals surface area contributed by atoms with Crippen LogP contribution in [0.3, 0.4) is 0 Å². The number of nitrogens with zero attached hydrogens (tertiary/aromatic N) is 2. The van der Waals surface area contributed by atoms with E-state index in [9.17, 15) is 13.2 Å². The molecule has 0 unspecified atom stereocenters. The van der Waals surface area contributed by atoms with E-state index in [2.05, 4.69) is 4.98 Å². The summed E-state index contributed by atoms with van der Waals surface area (Å²) in [5.41, 5.74) is 2.16. The number of primary sulfonamides is 1. The highest BCUT2D eigenvalue weighted by atomic mass is 32.2. The van der Waals surface area contributed by atoms with Gasteiger partial charge in [-0.25, -0.2) is 18.5 Å². The van der Waals surface area contributed by atoms with Crippen molar-refractivity contribution in [2.45, 2.75) is 11.8 Å². The van der Waals surface area contributed by atoms with E-state index in [4.69, 9.17) is 5.14 Å². The summed E-state index contributed by atoms with van der Waals surface area (Å²) in [5.74, 6) is -0.195. The fourth-order valence-electron chi connectivity index (χ4n) is 2.57. The minimum absolute atomic E-state index is 0.0272. The van der Waals surface area contributed by atoms with Crippen LogP contribution in [-0.2, 0) is 14.8 Å². The van der Waals surface area contributed by atoms with Gasteiger partial charge in [-0.1, -0.05) is 0 Å². The van der Waals surface area contributed by atoms with E-state index in [1.807, 2.05) is 5.38 Å². The van der Waals surface area contributed by atoms with Crippen molar-refractivity contribution in [2.24, 2.45) is 5.14 Å². The lowest BCUT2D eigenvalue weighted by atomic mass is 10.0. The molecule has 1 aromatic heterocycles. The van der Waals surface area contributed by atoms with Crippen molar-refractivity contribution in [3.05, 3.63) is 39.8 Å². The van der Waals surface area contributed by atoms with Gasteiger partial charge in [0.15, 0.2) is 0 Å². The van der Waals surface area contributed by atoms with Gasteiger partial charge >= 0.3 is 0 Å². The van der Waals surface area contributed by atoms with Gasteiger partial charge in [-0.15, -0.1) is 11.3 Å². The van der Waals surface area contributed by atoms with Crippen LogP contribution in [0.5, 0.6) is 0 Å². The molecule has 2 N–H and O–H groups in total. The predicted molar refractivity (Wildman–Crippen MR) is 85.9 cm³/mol. The number of nitrogens with two attached hydrogens (primary N) is 1. The quantitative estimate of drug-likeness (QED) is 0.844. The molecule has 8 heteroatoms. The van der Waals surface area contributed by atoms with Crippen LogP contribution in [0.1, 0.15) is 16.1 Å². The maximum Gasteiger partial charge on any atom is 0.258 e. The van der Waals surface area contributed by atoms with Gasteiger partial charge in [0.25, 0.3) is 5.91 Å². The Morgan fingerprint density at radius 1 is 1.36 bits per heavy atom. The molecule has 0 spiro atoms. The van der Waals surface area contributed by atoms with E-state index in [-0.39, 0.29) is 10.8 Å². The molecule has 3 rings (SSSR count). The number of hydrogen-bond donors (Lipinski definition) is 1. The molecule has 6 nitrogen and oxygen atoms in total. The van der Waals surface area contributed by atoms with Crippen LogP contribution in [0.25, 0.3) is 11.6 Å². The zero-order chi connectivity index (χ0) is 16.1. The number of sulfonamides is 1. The van der Waals surface area contributed by atoms with Crippen LogP contribution in [0, 0.1) is 6.92 Å². The topological polar surface area (TPSA) is 93.4 Å². The monoisotopic (exact) mass is 335 g/mol. The summed E-state index contributed by atoms with van der Waals surface area (Å²) < 4.78 is 23.4. The Morgan fingerprint density at radius 3 is 2.68 bits per heavy atom. The molecule has 22 heavy (non-hydrogen) atoms. The summed E-state index contributed by atoms with van der Waals surface area (Å²) in [4.78, 5) is 18.1. The first kappa shape index (κ1) is 14.9. The molecule has 2 heterocycles. The highest BCUT2D eigenvalue weighted by Crippen LogP contribution is 2.41. The molecule has 0 fully saturated rings. The fourth-order valence-corrected chi connectivity index (χ4v) is 3.92. The van der Waals surface area contributed by atoms with Crippen molar-refractivity contribution in [3.8, 4) is 0 Å². The highest BCUT2D eigenvalue weighted by molar-refractivity contribution is 7.89. The maximum atomic E-state index is 12.5. The minimum Gasteiger partial charge on any atom is -0.311 e. The predicted octanol–water partition coefficient (Wildman–Crippen LogP) is 1.62. The first-order chi connectivity index (χ1) is 10.3. The molecule has 0 atom stereocenters. The number of amides is 1. The van der Waals surface area contributed by atoms with Crippen LogP contribution in [0.15, 0.2) is 28.6 Å². The molecule has 0 bridgehead atoms. The Kier molecular flexibility index (Phi) is 3.39. The van der Waals surface area contributed by atoms with E-state index in [0.29, 0.717) is 27.4 Å². The van der Waals surface area contributed by atoms with Crippen molar-refractivity contribution < 1.29 is 13.2 Å². The molecule has 0 radical (unpaired) electrons. The number of thiazole rings is 1. The summed E-state index contributed by atoms with van der Waals surface area (Å²) in [5, 5.41) is 7.74. The molecule has 0 saturated heterocycles. The van der Waals surface area contributed by atoms with E-state index >= 15 is 0 Å². The summed E-state index contributed by atoms with van der Waals surface area (Å²) >= 11 is 1.40. The third kappa shape index (κ3) is 2.25. The first-order valence-electron chi connectivity index (χ1n) is 6.36. The van der Waals surface area contributed by atoms with E-state index in [0.717, 1.165) is 0 Å².